The highest BCUT2D eigenvalue weighted by atomic mass is 35.5. The Labute approximate surface area is 203 Å². The smallest absolute Gasteiger partial charge is 0.475 e. The van der Waals surface area contributed by atoms with E-state index in [1.807, 2.05) is 10.8 Å². The number of imidazole rings is 1. The van der Waals surface area contributed by atoms with Gasteiger partial charge in [0.1, 0.15) is 18.2 Å². The predicted molar refractivity (Wildman–Crippen MR) is 110 cm³/mol. The van der Waals surface area contributed by atoms with Gasteiger partial charge in [-0.25, -0.2) is 19.0 Å². The van der Waals surface area contributed by atoms with Gasteiger partial charge in [-0.15, -0.1) is 0 Å². The molecule has 0 unspecified atom stereocenters. The first kappa shape index (κ1) is 30.7. The van der Waals surface area contributed by atoms with E-state index in [1.165, 1.54) is 6.07 Å². The van der Waals surface area contributed by atoms with E-state index >= 15 is 0 Å². The van der Waals surface area contributed by atoms with Crippen molar-refractivity contribution in [3.05, 3.63) is 41.1 Å². The largest absolute Gasteiger partial charge is 0.490 e. The van der Waals surface area contributed by atoms with Gasteiger partial charge in [0, 0.05) is 17.7 Å². The first-order valence-electron chi connectivity index (χ1n) is 9.78. The summed E-state index contributed by atoms with van der Waals surface area (Å²) in [7, 11) is 0. The van der Waals surface area contributed by atoms with Gasteiger partial charge in [-0.05, 0) is 44.1 Å². The number of rotatable bonds is 3. The number of aromatic nitrogens is 2. The van der Waals surface area contributed by atoms with E-state index in [0.29, 0.717) is 5.92 Å². The summed E-state index contributed by atoms with van der Waals surface area (Å²) >= 11 is 5.85. The SMILES string of the molecule is N#CCn1cc(-c2ccc(F)c(Cl)c2)nc1C1CCNCC1.O=C(O)C(F)(F)F.O=C(O)C(F)(F)F. The Balaban J connectivity index is 0.000000383. The van der Waals surface area contributed by atoms with Crippen LogP contribution in [0.5, 0.6) is 0 Å². The van der Waals surface area contributed by atoms with E-state index in [1.54, 1.807) is 12.1 Å². The minimum atomic E-state index is -5.08. The van der Waals surface area contributed by atoms with Crippen molar-refractivity contribution in [2.75, 3.05) is 13.1 Å². The zero-order chi connectivity index (χ0) is 27.7. The standard InChI is InChI=1S/C16H16ClFN4.2C2HF3O2/c17-13-9-12(1-2-14(13)18)15-10-22(8-5-19)16(21-15)11-3-6-20-7-4-11;2*3-2(4,5)1(6)7/h1-2,9-11,20H,3-4,6-8H2;2*(H,6,7). The molecule has 1 aromatic heterocycles. The van der Waals surface area contributed by atoms with Gasteiger partial charge < -0.3 is 20.1 Å². The van der Waals surface area contributed by atoms with Crippen LogP contribution in [0.15, 0.2) is 24.4 Å². The number of benzene rings is 1. The van der Waals surface area contributed by atoms with Crippen LogP contribution >= 0.6 is 11.6 Å². The van der Waals surface area contributed by atoms with Crippen molar-refractivity contribution in [3.8, 4) is 17.3 Å². The second kappa shape index (κ2) is 13.1. The van der Waals surface area contributed by atoms with E-state index < -0.39 is 30.1 Å². The van der Waals surface area contributed by atoms with Gasteiger partial charge in [-0.3, -0.25) is 0 Å². The van der Waals surface area contributed by atoms with Gasteiger partial charge in [0.25, 0.3) is 0 Å². The molecule has 2 heterocycles. The molecule has 0 spiro atoms. The van der Waals surface area contributed by atoms with Crippen LogP contribution < -0.4 is 5.32 Å². The fourth-order valence-electron chi connectivity index (χ4n) is 2.83. The summed E-state index contributed by atoms with van der Waals surface area (Å²) in [5.74, 6) is -4.68. The second-order valence-electron chi connectivity index (χ2n) is 7.03. The van der Waals surface area contributed by atoms with E-state index in [0.717, 1.165) is 43.0 Å². The summed E-state index contributed by atoms with van der Waals surface area (Å²) in [6.45, 7) is 2.19. The summed E-state index contributed by atoms with van der Waals surface area (Å²) in [4.78, 5) is 22.5. The lowest BCUT2D eigenvalue weighted by Crippen LogP contribution is -2.28. The number of nitrogens with zero attached hydrogens (tertiary/aromatic N) is 3. The summed E-state index contributed by atoms with van der Waals surface area (Å²) in [6.07, 6.45) is -6.30. The molecule has 16 heteroatoms. The third-order valence-electron chi connectivity index (χ3n) is 4.45. The molecule has 198 valence electrons. The molecule has 1 aromatic carbocycles. The zero-order valence-corrected chi connectivity index (χ0v) is 18.8. The monoisotopic (exact) mass is 546 g/mol. The number of halogens is 8. The van der Waals surface area contributed by atoms with Crippen LogP contribution in [0, 0.1) is 17.1 Å². The topological polar surface area (TPSA) is 128 Å². The maximum Gasteiger partial charge on any atom is 0.490 e. The Kier molecular flexibility index (Phi) is 11.1. The van der Waals surface area contributed by atoms with Crippen molar-refractivity contribution in [2.24, 2.45) is 0 Å². The van der Waals surface area contributed by atoms with Gasteiger partial charge in [0.2, 0.25) is 0 Å². The summed E-state index contributed by atoms with van der Waals surface area (Å²) < 4.78 is 78.7. The molecular weight excluding hydrogens is 529 g/mol. The fraction of sp³-hybridized carbons (Fsp3) is 0.400. The third kappa shape index (κ3) is 9.70. The molecule has 1 saturated heterocycles. The van der Waals surface area contributed by atoms with Crippen LogP contribution in [0.1, 0.15) is 24.6 Å². The number of carbonyl (C=O) groups is 2. The lowest BCUT2D eigenvalue weighted by Gasteiger charge is -2.22. The van der Waals surface area contributed by atoms with E-state index in [4.69, 9.17) is 41.6 Å². The van der Waals surface area contributed by atoms with E-state index in [2.05, 4.69) is 11.4 Å². The van der Waals surface area contributed by atoms with Crippen molar-refractivity contribution < 1.29 is 50.5 Å². The lowest BCUT2D eigenvalue weighted by atomic mass is 9.97. The minimum absolute atomic E-state index is 0.0794. The normalized spacial score (nSPS) is 14.0. The molecule has 0 radical (unpaired) electrons. The number of nitrogens with one attached hydrogen (secondary N) is 1. The number of hydrogen-bond donors (Lipinski definition) is 3. The number of carboxylic acid groups (broad SMARTS) is 2. The maximum atomic E-state index is 13.3. The maximum absolute atomic E-state index is 13.3. The minimum Gasteiger partial charge on any atom is -0.475 e. The van der Waals surface area contributed by atoms with Gasteiger partial charge in [-0.1, -0.05) is 11.6 Å². The highest BCUT2D eigenvalue weighted by Crippen LogP contribution is 2.29. The number of alkyl halides is 6. The summed E-state index contributed by atoms with van der Waals surface area (Å²) in [6, 6.07) is 6.74. The van der Waals surface area contributed by atoms with Crippen LogP contribution in [-0.2, 0) is 16.1 Å². The molecule has 0 atom stereocenters. The van der Waals surface area contributed by atoms with Crippen molar-refractivity contribution in [1.29, 1.82) is 5.26 Å². The molecule has 1 fully saturated rings. The predicted octanol–water partition coefficient (Wildman–Crippen LogP) is 4.60. The molecule has 0 aliphatic carbocycles. The van der Waals surface area contributed by atoms with Gasteiger partial charge in [0.15, 0.2) is 0 Å². The zero-order valence-electron chi connectivity index (χ0n) is 18.0. The Bertz CT molecular complexity index is 1070. The first-order valence-corrected chi connectivity index (χ1v) is 10.2. The number of piperidine rings is 1. The molecular formula is C20H18ClF7N4O4. The first-order chi connectivity index (χ1) is 16.6. The van der Waals surface area contributed by atoms with Gasteiger partial charge in [0.05, 0.1) is 16.8 Å². The number of carboxylic acids is 2. The second-order valence-corrected chi connectivity index (χ2v) is 7.44. The lowest BCUT2D eigenvalue weighted by molar-refractivity contribution is -0.193. The molecule has 1 aliphatic rings. The molecule has 0 saturated carbocycles. The van der Waals surface area contributed by atoms with Crippen LogP contribution in [0.4, 0.5) is 30.7 Å². The van der Waals surface area contributed by atoms with Crippen molar-refractivity contribution in [2.45, 2.75) is 37.7 Å². The third-order valence-corrected chi connectivity index (χ3v) is 4.74. The number of hydrogen-bond acceptors (Lipinski definition) is 5. The highest BCUT2D eigenvalue weighted by molar-refractivity contribution is 6.31. The van der Waals surface area contributed by atoms with Crippen molar-refractivity contribution in [1.82, 2.24) is 14.9 Å². The average Bonchev–Trinajstić information content (AvgIpc) is 3.20. The number of aliphatic carboxylic acids is 2. The van der Waals surface area contributed by atoms with E-state index in [-0.39, 0.29) is 11.6 Å². The van der Waals surface area contributed by atoms with Crippen molar-refractivity contribution in [3.63, 3.8) is 0 Å². The van der Waals surface area contributed by atoms with Crippen LogP contribution in [-0.4, -0.2) is 57.1 Å². The van der Waals surface area contributed by atoms with Crippen LogP contribution in [0.25, 0.3) is 11.3 Å². The Morgan fingerprint density at radius 1 is 1.11 bits per heavy atom. The Morgan fingerprint density at radius 3 is 2.03 bits per heavy atom. The Morgan fingerprint density at radius 2 is 1.61 bits per heavy atom. The molecule has 36 heavy (non-hydrogen) atoms. The summed E-state index contributed by atoms with van der Waals surface area (Å²) in [5.41, 5.74) is 1.49. The van der Waals surface area contributed by atoms with Crippen molar-refractivity contribution >= 4 is 23.5 Å². The average molecular weight is 547 g/mol. The molecule has 8 nitrogen and oxygen atoms in total. The van der Waals surface area contributed by atoms with Crippen LogP contribution in [0.3, 0.4) is 0 Å². The fourth-order valence-corrected chi connectivity index (χ4v) is 3.01. The van der Waals surface area contributed by atoms with Crippen LogP contribution in [0.2, 0.25) is 5.02 Å². The quantitative estimate of drug-likeness (QED) is 0.480. The molecule has 2 aromatic rings. The summed E-state index contributed by atoms with van der Waals surface area (Å²) in [5, 5.41) is 26.7. The van der Waals surface area contributed by atoms with Gasteiger partial charge >= 0.3 is 24.3 Å². The highest BCUT2D eigenvalue weighted by Gasteiger charge is 2.38. The molecule has 1 aliphatic heterocycles. The Hall–Kier alpha value is -3.38. The van der Waals surface area contributed by atoms with E-state index in [9.17, 15) is 30.7 Å². The molecule has 0 amide bonds. The molecule has 3 N–H and O–H groups in total. The molecule has 0 bridgehead atoms. The van der Waals surface area contributed by atoms with Gasteiger partial charge in [-0.2, -0.15) is 31.6 Å². The molecule has 3 rings (SSSR count). The number of nitriles is 1.